The van der Waals surface area contributed by atoms with Crippen molar-refractivity contribution in [3.05, 3.63) is 34.1 Å². The van der Waals surface area contributed by atoms with Gasteiger partial charge in [-0.25, -0.2) is 4.39 Å². The van der Waals surface area contributed by atoms with E-state index in [2.05, 4.69) is 21.2 Å². The summed E-state index contributed by atoms with van der Waals surface area (Å²) in [6.45, 7) is 1.02. The normalized spacial score (nSPS) is 24.6. The van der Waals surface area contributed by atoms with Gasteiger partial charge >= 0.3 is 5.97 Å². The summed E-state index contributed by atoms with van der Waals surface area (Å²) in [6.07, 6.45) is 0. The van der Waals surface area contributed by atoms with Gasteiger partial charge in [0.1, 0.15) is 5.82 Å². The molecule has 0 bridgehead atoms. The maximum atomic E-state index is 13.3. The number of rotatable bonds is 2. The average molecular weight is 288 g/mol. The van der Waals surface area contributed by atoms with Crippen molar-refractivity contribution in [2.45, 2.75) is 5.92 Å². The molecule has 2 atom stereocenters. The molecule has 0 saturated carbocycles. The lowest BCUT2D eigenvalue weighted by molar-refractivity contribution is -0.141. The summed E-state index contributed by atoms with van der Waals surface area (Å²) in [6, 6.07) is 4.78. The molecule has 1 aliphatic rings. The predicted octanol–water partition coefficient (Wildman–Crippen LogP) is 1.98. The standard InChI is InChI=1S/C11H11BrFNO2/c12-9-2-1-6(3-10(9)13)7-4-14-5-8(7)11(15)16/h1-3,7-8,14H,4-5H2,(H,15,16)/t7-,8+/m0/s1. The van der Waals surface area contributed by atoms with Crippen LogP contribution in [0.2, 0.25) is 0 Å². The quantitative estimate of drug-likeness (QED) is 0.875. The molecule has 0 unspecified atom stereocenters. The summed E-state index contributed by atoms with van der Waals surface area (Å²) in [5.74, 6) is -1.81. The van der Waals surface area contributed by atoms with E-state index in [1.54, 1.807) is 12.1 Å². The lowest BCUT2D eigenvalue weighted by atomic mass is 9.89. The number of hydrogen-bond acceptors (Lipinski definition) is 2. The van der Waals surface area contributed by atoms with Crippen LogP contribution in [0.3, 0.4) is 0 Å². The second-order valence-corrected chi connectivity index (χ2v) is 4.74. The van der Waals surface area contributed by atoms with Crippen LogP contribution in [0.4, 0.5) is 4.39 Å². The first kappa shape index (κ1) is 11.5. The minimum absolute atomic E-state index is 0.153. The molecule has 1 heterocycles. The van der Waals surface area contributed by atoms with Crippen molar-refractivity contribution in [3.8, 4) is 0 Å². The Labute approximate surface area is 101 Å². The minimum Gasteiger partial charge on any atom is -0.481 e. The van der Waals surface area contributed by atoms with Crippen LogP contribution in [0.25, 0.3) is 0 Å². The van der Waals surface area contributed by atoms with Crippen LogP contribution in [0, 0.1) is 11.7 Å². The van der Waals surface area contributed by atoms with Crippen LogP contribution in [-0.2, 0) is 4.79 Å². The van der Waals surface area contributed by atoms with E-state index in [1.807, 2.05) is 0 Å². The van der Waals surface area contributed by atoms with E-state index < -0.39 is 11.9 Å². The molecule has 1 fully saturated rings. The topological polar surface area (TPSA) is 49.3 Å². The van der Waals surface area contributed by atoms with E-state index in [0.29, 0.717) is 17.6 Å². The van der Waals surface area contributed by atoms with Crippen LogP contribution in [-0.4, -0.2) is 24.2 Å². The minimum atomic E-state index is -0.835. The van der Waals surface area contributed by atoms with Gasteiger partial charge in [0.15, 0.2) is 0 Å². The van der Waals surface area contributed by atoms with Crippen molar-refractivity contribution in [1.82, 2.24) is 5.32 Å². The highest BCUT2D eigenvalue weighted by Crippen LogP contribution is 2.30. The van der Waals surface area contributed by atoms with Gasteiger partial charge in [-0.2, -0.15) is 0 Å². The second kappa shape index (κ2) is 4.51. The van der Waals surface area contributed by atoms with Crippen molar-refractivity contribution < 1.29 is 14.3 Å². The maximum Gasteiger partial charge on any atom is 0.308 e. The molecule has 2 N–H and O–H groups in total. The first-order valence-electron chi connectivity index (χ1n) is 4.98. The number of aliphatic carboxylic acids is 1. The van der Waals surface area contributed by atoms with Gasteiger partial charge in [-0.1, -0.05) is 6.07 Å². The monoisotopic (exact) mass is 287 g/mol. The Morgan fingerprint density at radius 2 is 2.25 bits per heavy atom. The van der Waals surface area contributed by atoms with E-state index in [-0.39, 0.29) is 11.7 Å². The van der Waals surface area contributed by atoms with Crippen LogP contribution in [0.5, 0.6) is 0 Å². The van der Waals surface area contributed by atoms with Crippen LogP contribution < -0.4 is 5.32 Å². The highest BCUT2D eigenvalue weighted by Gasteiger charge is 2.34. The highest BCUT2D eigenvalue weighted by molar-refractivity contribution is 9.10. The molecule has 0 aliphatic carbocycles. The zero-order chi connectivity index (χ0) is 11.7. The van der Waals surface area contributed by atoms with Gasteiger partial charge in [-0.3, -0.25) is 4.79 Å². The van der Waals surface area contributed by atoms with Gasteiger partial charge in [-0.15, -0.1) is 0 Å². The molecule has 1 aromatic carbocycles. The Morgan fingerprint density at radius 1 is 1.50 bits per heavy atom. The summed E-state index contributed by atoms with van der Waals surface area (Å²) in [4.78, 5) is 11.0. The zero-order valence-corrected chi connectivity index (χ0v) is 10.00. The number of carboxylic acids is 1. The Balaban J connectivity index is 2.29. The van der Waals surface area contributed by atoms with E-state index in [4.69, 9.17) is 5.11 Å². The van der Waals surface area contributed by atoms with Gasteiger partial charge in [-0.05, 0) is 33.6 Å². The number of carbonyl (C=O) groups is 1. The lowest BCUT2D eigenvalue weighted by Gasteiger charge is -2.15. The molecule has 0 radical (unpaired) electrons. The SMILES string of the molecule is O=C(O)[C@@H]1CNC[C@H]1c1ccc(Br)c(F)c1. The van der Waals surface area contributed by atoms with E-state index in [1.165, 1.54) is 6.07 Å². The summed E-state index contributed by atoms with van der Waals surface area (Å²) in [7, 11) is 0. The maximum absolute atomic E-state index is 13.3. The van der Waals surface area contributed by atoms with Gasteiger partial charge in [0, 0.05) is 19.0 Å². The molecule has 3 nitrogen and oxygen atoms in total. The zero-order valence-electron chi connectivity index (χ0n) is 8.41. The molecule has 0 aromatic heterocycles. The lowest BCUT2D eigenvalue weighted by Crippen LogP contribution is -2.21. The third-order valence-electron chi connectivity index (χ3n) is 2.90. The van der Waals surface area contributed by atoms with Crippen molar-refractivity contribution >= 4 is 21.9 Å². The molecule has 2 rings (SSSR count). The summed E-state index contributed by atoms with van der Waals surface area (Å²) >= 11 is 3.08. The van der Waals surface area contributed by atoms with Crippen LogP contribution in [0.15, 0.2) is 22.7 Å². The number of nitrogens with one attached hydrogen (secondary N) is 1. The summed E-state index contributed by atoms with van der Waals surface area (Å²) in [5, 5.41) is 12.0. The number of halogens is 2. The van der Waals surface area contributed by atoms with E-state index >= 15 is 0 Å². The molecule has 16 heavy (non-hydrogen) atoms. The molecule has 0 spiro atoms. The second-order valence-electron chi connectivity index (χ2n) is 3.88. The van der Waals surface area contributed by atoms with Gasteiger partial charge in [0.25, 0.3) is 0 Å². The van der Waals surface area contributed by atoms with Crippen LogP contribution in [0.1, 0.15) is 11.5 Å². The molecular weight excluding hydrogens is 277 g/mol. The molecule has 86 valence electrons. The first-order chi connectivity index (χ1) is 7.59. The summed E-state index contributed by atoms with van der Waals surface area (Å²) < 4.78 is 13.7. The Kier molecular flexibility index (Phi) is 3.25. The average Bonchev–Trinajstić information content (AvgIpc) is 2.71. The Morgan fingerprint density at radius 3 is 2.88 bits per heavy atom. The third-order valence-corrected chi connectivity index (χ3v) is 3.55. The van der Waals surface area contributed by atoms with E-state index in [9.17, 15) is 9.18 Å². The Bertz CT molecular complexity index is 424. The van der Waals surface area contributed by atoms with Gasteiger partial charge in [0.05, 0.1) is 10.4 Å². The smallest absolute Gasteiger partial charge is 0.308 e. The van der Waals surface area contributed by atoms with E-state index in [0.717, 1.165) is 5.56 Å². The third kappa shape index (κ3) is 2.10. The molecular formula is C11H11BrFNO2. The molecule has 0 amide bonds. The molecule has 1 saturated heterocycles. The molecule has 1 aliphatic heterocycles. The largest absolute Gasteiger partial charge is 0.481 e. The fourth-order valence-corrected chi connectivity index (χ4v) is 2.28. The number of carboxylic acid groups (broad SMARTS) is 1. The highest BCUT2D eigenvalue weighted by atomic mass is 79.9. The summed E-state index contributed by atoms with van der Waals surface area (Å²) in [5.41, 5.74) is 0.734. The van der Waals surface area contributed by atoms with Crippen molar-refractivity contribution in [1.29, 1.82) is 0 Å². The van der Waals surface area contributed by atoms with Crippen molar-refractivity contribution in [2.24, 2.45) is 5.92 Å². The fourth-order valence-electron chi connectivity index (χ4n) is 2.03. The van der Waals surface area contributed by atoms with Crippen LogP contribution >= 0.6 is 15.9 Å². The molecule has 5 heteroatoms. The predicted molar refractivity (Wildman–Crippen MR) is 60.8 cm³/mol. The van der Waals surface area contributed by atoms with Crippen molar-refractivity contribution in [3.63, 3.8) is 0 Å². The van der Waals surface area contributed by atoms with Gasteiger partial charge in [0.2, 0.25) is 0 Å². The fraction of sp³-hybridized carbons (Fsp3) is 0.364. The van der Waals surface area contributed by atoms with Gasteiger partial charge < -0.3 is 10.4 Å². The van der Waals surface area contributed by atoms with Crippen molar-refractivity contribution in [2.75, 3.05) is 13.1 Å². The number of benzene rings is 1. The molecule has 1 aromatic rings. The first-order valence-corrected chi connectivity index (χ1v) is 5.77. The number of hydrogen-bond donors (Lipinski definition) is 2. The Hall–Kier alpha value is -0.940.